The number of nitrogens with one attached hydrogen (secondary N) is 2. The first-order valence-electron chi connectivity index (χ1n) is 9.19. The summed E-state index contributed by atoms with van der Waals surface area (Å²) in [4.78, 5) is 28.8. The molecule has 0 bridgehead atoms. The molecule has 1 aromatic heterocycles. The Labute approximate surface area is 193 Å². The van der Waals surface area contributed by atoms with Gasteiger partial charge in [-0.05, 0) is 42.4 Å². The van der Waals surface area contributed by atoms with Gasteiger partial charge in [0, 0.05) is 5.69 Å². The van der Waals surface area contributed by atoms with Crippen molar-refractivity contribution in [3.63, 3.8) is 0 Å². The summed E-state index contributed by atoms with van der Waals surface area (Å²) in [7, 11) is -4.52. The second kappa shape index (κ2) is 11.4. The number of pyridine rings is 1. The van der Waals surface area contributed by atoms with Crippen LogP contribution in [0.25, 0.3) is 0 Å². The number of carbonyl (C=O) groups is 1. The summed E-state index contributed by atoms with van der Waals surface area (Å²) in [6.45, 7) is 1.04. The number of halogens is 3. The fourth-order valence-corrected chi connectivity index (χ4v) is 3.65. The second-order valence-corrected chi connectivity index (χ2v) is 8.29. The summed E-state index contributed by atoms with van der Waals surface area (Å²) in [5.74, 6) is -0.890. The number of nitrogens with two attached hydrogens (primary N) is 2. The van der Waals surface area contributed by atoms with E-state index >= 15 is 0 Å². The van der Waals surface area contributed by atoms with Crippen LogP contribution in [0.3, 0.4) is 0 Å². The monoisotopic (exact) mass is 506 g/mol. The van der Waals surface area contributed by atoms with Crippen LogP contribution < -0.4 is 27.1 Å². The molecule has 0 spiro atoms. The zero-order valence-electron chi connectivity index (χ0n) is 17.2. The molecule has 0 atom stereocenters. The lowest BCUT2D eigenvalue weighted by molar-refractivity contribution is -0.137. The van der Waals surface area contributed by atoms with Gasteiger partial charge in [-0.1, -0.05) is 13.5 Å². The smallest absolute Gasteiger partial charge is 0.391 e. The highest BCUT2D eigenvalue weighted by Gasteiger charge is 2.31. The highest BCUT2D eigenvalue weighted by molar-refractivity contribution is 7.92. The predicted molar refractivity (Wildman–Crippen MR) is 119 cm³/mol. The summed E-state index contributed by atoms with van der Waals surface area (Å²) in [6, 6.07) is 5.60. The average molecular weight is 507 g/mol. The number of benzene rings is 1. The number of alkyl halides is 3. The summed E-state index contributed by atoms with van der Waals surface area (Å²) < 4.78 is 66.8. The van der Waals surface area contributed by atoms with E-state index in [-0.39, 0.29) is 26.5 Å². The van der Waals surface area contributed by atoms with E-state index in [0.717, 1.165) is 28.8 Å². The average Bonchev–Trinajstić information content (AvgIpc) is 2.72. The SMILES string of the molecule is C.Cc1ccc(NS(=O)(=O)c2cccc(C(F)(F)F)c2)c(=O)n1CC(=O)NCCON=C(N)N. The van der Waals surface area contributed by atoms with Crippen molar-refractivity contribution in [3.05, 3.63) is 58.0 Å². The minimum Gasteiger partial charge on any atom is -0.391 e. The number of sulfonamides is 1. The number of carbonyl (C=O) groups excluding carboxylic acids is 1. The quantitative estimate of drug-likeness (QED) is 0.170. The van der Waals surface area contributed by atoms with Crippen molar-refractivity contribution in [2.24, 2.45) is 16.6 Å². The fraction of sp³-hybridized carbons (Fsp3) is 0.316. The van der Waals surface area contributed by atoms with Crippen molar-refractivity contribution < 1.29 is 31.2 Å². The third kappa shape index (κ3) is 7.68. The van der Waals surface area contributed by atoms with Gasteiger partial charge < -0.3 is 26.2 Å². The molecule has 34 heavy (non-hydrogen) atoms. The van der Waals surface area contributed by atoms with E-state index in [4.69, 9.17) is 16.3 Å². The van der Waals surface area contributed by atoms with Crippen LogP contribution in [0.5, 0.6) is 0 Å². The fourth-order valence-electron chi connectivity index (χ4n) is 2.54. The number of hydrogen-bond acceptors (Lipinski definition) is 6. The summed E-state index contributed by atoms with van der Waals surface area (Å²) in [5.41, 5.74) is 8.02. The van der Waals surface area contributed by atoms with Gasteiger partial charge in [-0.2, -0.15) is 13.2 Å². The molecule has 1 amide bonds. The molecule has 0 unspecified atom stereocenters. The first kappa shape index (κ1) is 28.3. The number of anilines is 1. The van der Waals surface area contributed by atoms with Crippen LogP contribution in [0.15, 0.2) is 51.2 Å². The molecule has 188 valence electrons. The lowest BCUT2D eigenvalue weighted by Crippen LogP contribution is -2.36. The number of aryl methyl sites for hydroxylation is 1. The summed E-state index contributed by atoms with van der Waals surface area (Å²) >= 11 is 0. The number of nitrogens with zero attached hydrogens (tertiary/aromatic N) is 2. The van der Waals surface area contributed by atoms with E-state index in [1.807, 2.05) is 4.72 Å². The van der Waals surface area contributed by atoms with Crippen molar-refractivity contribution in [3.8, 4) is 0 Å². The number of oxime groups is 1. The molecule has 11 nitrogen and oxygen atoms in total. The van der Waals surface area contributed by atoms with Crippen LogP contribution in [0.2, 0.25) is 0 Å². The van der Waals surface area contributed by atoms with Crippen molar-refractivity contribution in [1.82, 2.24) is 9.88 Å². The number of rotatable bonds is 9. The van der Waals surface area contributed by atoms with Crippen LogP contribution in [0, 0.1) is 6.92 Å². The molecule has 1 aromatic carbocycles. The minimum absolute atomic E-state index is 0. The van der Waals surface area contributed by atoms with Gasteiger partial charge in [-0.15, -0.1) is 0 Å². The Kier molecular flexibility index (Phi) is 9.48. The number of amides is 1. The lowest BCUT2D eigenvalue weighted by Gasteiger charge is -2.14. The highest BCUT2D eigenvalue weighted by Crippen LogP contribution is 2.30. The van der Waals surface area contributed by atoms with Crippen molar-refractivity contribution in [2.45, 2.75) is 32.0 Å². The van der Waals surface area contributed by atoms with E-state index < -0.39 is 50.4 Å². The molecule has 0 aliphatic rings. The maximum atomic E-state index is 12.9. The zero-order chi connectivity index (χ0) is 24.8. The Morgan fingerprint density at radius 1 is 1.21 bits per heavy atom. The van der Waals surface area contributed by atoms with E-state index in [1.54, 1.807) is 0 Å². The van der Waals surface area contributed by atoms with Crippen LogP contribution in [-0.2, 0) is 32.4 Å². The molecule has 0 fully saturated rings. The molecule has 0 aliphatic heterocycles. The Morgan fingerprint density at radius 3 is 2.50 bits per heavy atom. The Bertz CT molecular complexity index is 1210. The summed E-state index contributed by atoms with van der Waals surface area (Å²) in [5, 5.41) is 5.71. The molecular weight excluding hydrogens is 481 g/mol. The Morgan fingerprint density at radius 2 is 1.88 bits per heavy atom. The van der Waals surface area contributed by atoms with Gasteiger partial charge in [0.25, 0.3) is 15.6 Å². The molecule has 0 saturated carbocycles. The third-order valence-corrected chi connectivity index (χ3v) is 5.46. The maximum absolute atomic E-state index is 12.9. The minimum atomic E-state index is -4.75. The van der Waals surface area contributed by atoms with Crippen LogP contribution in [-0.4, -0.2) is 38.0 Å². The van der Waals surface area contributed by atoms with Gasteiger partial charge in [-0.25, -0.2) is 8.42 Å². The molecule has 6 N–H and O–H groups in total. The third-order valence-electron chi connectivity index (χ3n) is 4.10. The Balaban J connectivity index is 0.00000578. The van der Waals surface area contributed by atoms with Gasteiger partial charge >= 0.3 is 6.18 Å². The van der Waals surface area contributed by atoms with E-state index in [2.05, 4.69) is 10.5 Å². The number of aromatic nitrogens is 1. The first-order chi connectivity index (χ1) is 15.3. The van der Waals surface area contributed by atoms with E-state index in [9.17, 15) is 31.2 Å². The van der Waals surface area contributed by atoms with Gasteiger partial charge in [0.15, 0.2) is 0 Å². The highest BCUT2D eigenvalue weighted by atomic mass is 32.2. The predicted octanol–water partition coefficient (Wildman–Crippen LogP) is 0.934. The van der Waals surface area contributed by atoms with Crippen LogP contribution in [0.1, 0.15) is 18.7 Å². The van der Waals surface area contributed by atoms with E-state index in [0.29, 0.717) is 11.8 Å². The van der Waals surface area contributed by atoms with Crippen molar-refractivity contribution in [2.75, 3.05) is 17.9 Å². The molecule has 1 heterocycles. The molecule has 0 saturated heterocycles. The zero-order valence-corrected chi connectivity index (χ0v) is 18.0. The molecule has 15 heteroatoms. The number of hydrogen-bond donors (Lipinski definition) is 4. The van der Waals surface area contributed by atoms with Crippen LogP contribution >= 0.6 is 0 Å². The van der Waals surface area contributed by atoms with Gasteiger partial charge in [-0.3, -0.25) is 14.3 Å². The molecule has 0 aliphatic carbocycles. The van der Waals surface area contributed by atoms with Gasteiger partial charge in [0.05, 0.1) is 17.0 Å². The maximum Gasteiger partial charge on any atom is 0.416 e. The largest absolute Gasteiger partial charge is 0.416 e. The van der Waals surface area contributed by atoms with E-state index in [1.165, 1.54) is 13.0 Å². The Hall–Kier alpha value is -3.75. The normalized spacial score (nSPS) is 11.2. The first-order valence-corrected chi connectivity index (χ1v) is 10.7. The molecule has 2 rings (SSSR count). The van der Waals surface area contributed by atoms with Crippen molar-refractivity contribution in [1.29, 1.82) is 0 Å². The molecule has 2 aromatic rings. The number of guanidine groups is 1. The molecule has 0 radical (unpaired) electrons. The lowest BCUT2D eigenvalue weighted by atomic mass is 10.2. The molecular formula is C19H25F3N6O5S. The van der Waals surface area contributed by atoms with Crippen molar-refractivity contribution >= 4 is 27.6 Å². The standard InChI is InChI=1S/C18H21F3N6O5S.CH4/c1-11-5-6-14(16(29)27(11)10-15(28)24-7-8-32-25-17(22)23)26-33(30,31)13-4-2-3-12(9-13)18(19,20)21;/h2-6,9,26H,7-8,10H2,1H3,(H,24,28)(H4,22,23,25);1H4. The van der Waals surface area contributed by atoms with Crippen LogP contribution in [0.4, 0.5) is 18.9 Å². The van der Waals surface area contributed by atoms with Gasteiger partial charge in [0.1, 0.15) is 18.8 Å². The summed E-state index contributed by atoms with van der Waals surface area (Å²) in [6.07, 6.45) is -4.75. The topological polar surface area (TPSA) is 171 Å². The van der Waals surface area contributed by atoms with Gasteiger partial charge in [0.2, 0.25) is 11.9 Å². The second-order valence-electron chi connectivity index (χ2n) is 6.61.